The van der Waals surface area contributed by atoms with Crippen molar-refractivity contribution in [1.82, 2.24) is 14.2 Å². The van der Waals surface area contributed by atoms with Crippen molar-refractivity contribution >= 4 is 21.4 Å². The van der Waals surface area contributed by atoms with E-state index in [0.29, 0.717) is 0 Å². The van der Waals surface area contributed by atoms with Crippen LogP contribution in [0.2, 0.25) is 0 Å². The van der Waals surface area contributed by atoms with Crippen molar-refractivity contribution in [3.8, 4) is 0 Å². The average Bonchev–Trinajstić information content (AvgIpc) is 3.19. The van der Waals surface area contributed by atoms with E-state index in [0.717, 1.165) is 38.4 Å². The van der Waals surface area contributed by atoms with Gasteiger partial charge in [-0.05, 0) is 25.7 Å². The minimum Gasteiger partial charge on any atom is -0.297 e. The highest BCUT2D eigenvalue weighted by Gasteiger charge is 2.29. The maximum Gasteiger partial charge on any atom is 0.211 e. The molecule has 2 heterocycles. The third-order valence-electron chi connectivity index (χ3n) is 4.48. The third-order valence-corrected chi connectivity index (χ3v) is 6.88. The van der Waals surface area contributed by atoms with Gasteiger partial charge < -0.3 is 0 Å². The fraction of sp³-hybridized carbons (Fsp3) is 0.786. The number of likely N-dealkylation sites (tertiary alicyclic amines) is 1. The Morgan fingerprint density at radius 2 is 2.00 bits per heavy atom. The molecule has 0 unspecified atom stereocenters. The predicted molar refractivity (Wildman–Crippen MR) is 85.0 cm³/mol. The van der Waals surface area contributed by atoms with Crippen molar-refractivity contribution in [3.63, 3.8) is 0 Å². The standard InChI is InChI=1S/C14H23N3O2S2/c1-16(21(2,18)19)13-5-7-17(8-6-13)9-12-10-20-14(15-12)11-3-4-11/h10-11,13H,3-9H2,1-2H3. The summed E-state index contributed by atoms with van der Waals surface area (Å²) in [5.74, 6) is 0.734. The molecular formula is C14H23N3O2S2. The average molecular weight is 329 g/mol. The molecule has 1 saturated carbocycles. The highest BCUT2D eigenvalue weighted by Crippen LogP contribution is 2.41. The lowest BCUT2D eigenvalue weighted by atomic mass is 10.1. The number of hydrogen-bond donors (Lipinski definition) is 0. The molecule has 0 spiro atoms. The van der Waals surface area contributed by atoms with E-state index in [1.54, 1.807) is 18.4 Å². The first-order chi connectivity index (χ1) is 9.93. The lowest BCUT2D eigenvalue weighted by molar-refractivity contribution is 0.163. The van der Waals surface area contributed by atoms with Crippen LogP contribution in [-0.2, 0) is 16.6 Å². The Labute approximate surface area is 131 Å². The fourth-order valence-corrected chi connectivity index (χ4v) is 4.59. The van der Waals surface area contributed by atoms with E-state index < -0.39 is 10.0 Å². The fourth-order valence-electron chi connectivity index (χ4n) is 2.85. The van der Waals surface area contributed by atoms with Crippen LogP contribution in [0, 0.1) is 0 Å². The molecule has 0 aromatic carbocycles. The monoisotopic (exact) mass is 329 g/mol. The number of hydrogen-bond acceptors (Lipinski definition) is 5. The molecule has 2 aliphatic rings. The molecule has 1 saturated heterocycles. The maximum absolute atomic E-state index is 11.6. The third kappa shape index (κ3) is 3.83. The van der Waals surface area contributed by atoms with Crippen molar-refractivity contribution in [2.45, 2.75) is 44.2 Å². The smallest absolute Gasteiger partial charge is 0.211 e. The van der Waals surface area contributed by atoms with Gasteiger partial charge in [-0.1, -0.05) is 0 Å². The summed E-state index contributed by atoms with van der Waals surface area (Å²) in [4.78, 5) is 7.12. The van der Waals surface area contributed by atoms with Crippen LogP contribution in [0.25, 0.3) is 0 Å². The van der Waals surface area contributed by atoms with Crippen LogP contribution in [0.4, 0.5) is 0 Å². The zero-order valence-electron chi connectivity index (χ0n) is 12.7. The zero-order valence-corrected chi connectivity index (χ0v) is 14.3. The number of nitrogens with zero attached hydrogens (tertiary/aromatic N) is 3. The van der Waals surface area contributed by atoms with E-state index >= 15 is 0 Å². The SMILES string of the molecule is CN(C1CCN(Cc2csc(C3CC3)n2)CC1)S(C)(=O)=O. The van der Waals surface area contributed by atoms with Gasteiger partial charge in [-0.15, -0.1) is 11.3 Å². The summed E-state index contributed by atoms with van der Waals surface area (Å²) >= 11 is 1.79. The van der Waals surface area contributed by atoms with Crippen LogP contribution < -0.4 is 0 Å². The molecule has 3 rings (SSSR count). The molecule has 0 radical (unpaired) electrons. The molecule has 0 atom stereocenters. The van der Waals surface area contributed by atoms with Crippen LogP contribution in [-0.4, -0.2) is 55.0 Å². The molecule has 5 nitrogen and oxygen atoms in total. The van der Waals surface area contributed by atoms with Gasteiger partial charge in [0.25, 0.3) is 0 Å². The first-order valence-electron chi connectivity index (χ1n) is 7.53. The van der Waals surface area contributed by atoms with Crippen LogP contribution in [0.5, 0.6) is 0 Å². The van der Waals surface area contributed by atoms with E-state index in [1.807, 2.05) is 0 Å². The molecule has 1 aliphatic heterocycles. The number of piperidine rings is 1. The first kappa shape index (κ1) is 15.4. The van der Waals surface area contributed by atoms with E-state index in [2.05, 4.69) is 10.3 Å². The van der Waals surface area contributed by atoms with Gasteiger partial charge in [-0.2, -0.15) is 0 Å². The molecule has 21 heavy (non-hydrogen) atoms. The Balaban J connectivity index is 1.51. The van der Waals surface area contributed by atoms with Gasteiger partial charge in [0.1, 0.15) is 0 Å². The summed E-state index contributed by atoms with van der Waals surface area (Å²) in [6.45, 7) is 2.79. The topological polar surface area (TPSA) is 53.5 Å². The zero-order chi connectivity index (χ0) is 15.0. The molecule has 1 aromatic heterocycles. The second-order valence-corrected chi connectivity index (χ2v) is 9.17. The highest BCUT2D eigenvalue weighted by atomic mass is 32.2. The molecule has 0 N–H and O–H groups in total. The van der Waals surface area contributed by atoms with Crippen molar-refractivity contribution in [3.05, 3.63) is 16.1 Å². The number of sulfonamides is 1. The normalized spacial score (nSPS) is 22.0. The Bertz CT molecular complexity index is 587. The number of thiazole rings is 1. The molecular weight excluding hydrogens is 306 g/mol. The van der Waals surface area contributed by atoms with Crippen molar-refractivity contribution < 1.29 is 8.42 Å². The Hall–Kier alpha value is -0.500. The van der Waals surface area contributed by atoms with Crippen LogP contribution in [0.1, 0.15) is 42.3 Å². The molecule has 0 amide bonds. The van der Waals surface area contributed by atoms with Gasteiger partial charge in [0.05, 0.1) is 17.0 Å². The predicted octanol–water partition coefficient (Wildman–Crippen LogP) is 1.88. The summed E-state index contributed by atoms with van der Waals surface area (Å²) < 4.78 is 24.7. The van der Waals surface area contributed by atoms with Gasteiger partial charge >= 0.3 is 0 Å². The van der Waals surface area contributed by atoms with Gasteiger partial charge in [-0.3, -0.25) is 4.90 Å². The summed E-state index contributed by atoms with van der Waals surface area (Å²) in [6, 6.07) is 0.147. The summed E-state index contributed by atoms with van der Waals surface area (Å²) in [5.41, 5.74) is 1.18. The van der Waals surface area contributed by atoms with E-state index in [9.17, 15) is 8.42 Å². The highest BCUT2D eigenvalue weighted by molar-refractivity contribution is 7.88. The largest absolute Gasteiger partial charge is 0.297 e. The van der Waals surface area contributed by atoms with Crippen molar-refractivity contribution in [2.24, 2.45) is 0 Å². The molecule has 118 valence electrons. The molecule has 1 aliphatic carbocycles. The van der Waals surface area contributed by atoms with Gasteiger partial charge in [0, 0.05) is 44.0 Å². The van der Waals surface area contributed by atoms with Gasteiger partial charge in [0.2, 0.25) is 10.0 Å². The first-order valence-corrected chi connectivity index (χ1v) is 10.3. The van der Waals surface area contributed by atoms with E-state index in [4.69, 9.17) is 4.98 Å². The Morgan fingerprint density at radius 3 is 2.57 bits per heavy atom. The van der Waals surface area contributed by atoms with Crippen molar-refractivity contribution in [1.29, 1.82) is 0 Å². The summed E-state index contributed by atoms with van der Waals surface area (Å²) in [7, 11) is -1.38. The van der Waals surface area contributed by atoms with Crippen LogP contribution >= 0.6 is 11.3 Å². The second kappa shape index (κ2) is 5.95. The quantitative estimate of drug-likeness (QED) is 0.828. The molecule has 0 bridgehead atoms. The van der Waals surface area contributed by atoms with E-state index in [1.165, 1.54) is 34.1 Å². The summed E-state index contributed by atoms with van der Waals surface area (Å²) in [5, 5.41) is 3.49. The second-order valence-electron chi connectivity index (χ2n) is 6.24. The maximum atomic E-state index is 11.6. The Kier molecular flexibility index (Phi) is 4.36. The van der Waals surface area contributed by atoms with Crippen LogP contribution in [0.3, 0.4) is 0 Å². The lowest BCUT2D eigenvalue weighted by Gasteiger charge is -2.35. The number of aromatic nitrogens is 1. The Morgan fingerprint density at radius 1 is 1.33 bits per heavy atom. The van der Waals surface area contributed by atoms with Gasteiger partial charge in [0.15, 0.2) is 0 Å². The van der Waals surface area contributed by atoms with Crippen molar-refractivity contribution in [2.75, 3.05) is 26.4 Å². The van der Waals surface area contributed by atoms with Crippen LogP contribution in [0.15, 0.2) is 5.38 Å². The summed E-state index contributed by atoms with van der Waals surface area (Å²) in [6.07, 6.45) is 5.70. The van der Waals surface area contributed by atoms with Gasteiger partial charge in [-0.25, -0.2) is 17.7 Å². The van der Waals surface area contributed by atoms with E-state index in [-0.39, 0.29) is 6.04 Å². The minimum atomic E-state index is -3.07. The lowest BCUT2D eigenvalue weighted by Crippen LogP contribution is -2.44. The minimum absolute atomic E-state index is 0.147. The number of rotatable bonds is 5. The molecule has 1 aromatic rings. The molecule has 2 fully saturated rings. The molecule has 7 heteroatoms.